The zero-order valence-corrected chi connectivity index (χ0v) is 10.3. The van der Waals surface area contributed by atoms with E-state index in [1.165, 1.54) is 10.1 Å². The summed E-state index contributed by atoms with van der Waals surface area (Å²) < 4.78 is 0. The van der Waals surface area contributed by atoms with Crippen molar-refractivity contribution in [2.75, 3.05) is 0 Å². The Balaban J connectivity index is -0.00000000167. The van der Waals surface area contributed by atoms with Crippen LogP contribution in [0.1, 0.15) is 0 Å². The zero-order chi connectivity index (χ0) is 2.00. The molecule has 0 amide bonds. The van der Waals surface area contributed by atoms with Gasteiger partial charge in [-0.2, -0.15) is 0 Å². The van der Waals surface area contributed by atoms with Gasteiger partial charge in [-0.25, -0.2) is 0 Å². The van der Waals surface area contributed by atoms with Gasteiger partial charge >= 0.3 is 0 Å². The molecule has 34 valence electrons. The molecule has 0 aliphatic rings. The molecule has 0 aromatic heterocycles. The van der Waals surface area contributed by atoms with Crippen molar-refractivity contribution in [2.45, 2.75) is 0 Å². The van der Waals surface area contributed by atoms with Gasteiger partial charge in [-0.05, 0) is 10.1 Å². The van der Waals surface area contributed by atoms with Crippen molar-refractivity contribution < 1.29 is 54.9 Å². The molecule has 0 aliphatic carbocycles. The summed E-state index contributed by atoms with van der Waals surface area (Å²) in [7, 11) is 3.44. The van der Waals surface area contributed by atoms with Crippen molar-refractivity contribution in [3.63, 3.8) is 0 Å². The van der Waals surface area contributed by atoms with Crippen LogP contribution in [0.4, 0.5) is 0 Å². The molecule has 0 rings (SSSR count). The van der Waals surface area contributed by atoms with E-state index in [-0.39, 0.29) is 54.9 Å². The standard InChI is InChI=1S/BH5Si.Cr.Ni.W/c1-2;;;/h1H2,2H3;;;. The third-order valence-corrected chi connectivity index (χ3v) is 0. The van der Waals surface area contributed by atoms with E-state index in [1.54, 1.807) is 0 Å². The molecular formula is H5BCrNiSiW. The van der Waals surface area contributed by atoms with E-state index in [0.29, 0.717) is 0 Å². The van der Waals surface area contributed by atoms with Crippen LogP contribution in [0.25, 0.3) is 0 Å². The van der Waals surface area contributed by atoms with Gasteiger partial charge in [-0.3, -0.25) is 0 Å². The molecule has 0 unspecified atom stereocenters. The van der Waals surface area contributed by atoms with Crippen molar-refractivity contribution in [1.29, 1.82) is 0 Å². The molecule has 0 heterocycles. The van der Waals surface area contributed by atoms with Crippen LogP contribution in [0.15, 0.2) is 0 Å². The maximum Gasteiger partial charge on any atom is 0.0852 e. The maximum atomic E-state index is 2.14. The van der Waals surface area contributed by atoms with Crippen LogP contribution in [0, 0.1) is 0 Å². The summed E-state index contributed by atoms with van der Waals surface area (Å²) in [6, 6.07) is 0. The number of hydrogen-bond donors (Lipinski definition) is 0. The fraction of sp³-hybridized carbons (Fsp3) is 0. The van der Waals surface area contributed by atoms with Gasteiger partial charge in [-0.1, -0.05) is 0 Å². The molecule has 0 bridgehead atoms. The minimum absolute atomic E-state index is 0. The summed E-state index contributed by atoms with van der Waals surface area (Å²) >= 11 is 0. The van der Waals surface area contributed by atoms with Gasteiger partial charge in [0.15, 0.2) is 0 Å². The fourth-order valence-electron chi connectivity index (χ4n) is 0. The molecule has 0 N–H and O–H groups in total. The SMILES string of the molecule is B[SiH3].[Cr].[Ni].[W]. The predicted octanol–water partition coefficient (Wildman–Crippen LogP) is -2.11. The minimum atomic E-state index is 0. The van der Waals surface area contributed by atoms with Gasteiger partial charge < -0.3 is 0 Å². The van der Waals surface area contributed by atoms with Crippen LogP contribution in [-0.2, 0) is 54.9 Å². The van der Waals surface area contributed by atoms with E-state index < -0.39 is 0 Å². The van der Waals surface area contributed by atoms with Crippen molar-refractivity contribution in [2.24, 2.45) is 0 Å². The average molecular weight is 338 g/mol. The minimum Gasteiger partial charge on any atom is -0.0304 e. The van der Waals surface area contributed by atoms with E-state index in [4.69, 9.17) is 0 Å². The smallest absolute Gasteiger partial charge is 0.0304 e. The van der Waals surface area contributed by atoms with Crippen LogP contribution in [0.5, 0.6) is 0 Å². The average Bonchev–Trinajstić information content (AvgIpc) is 1.00. The number of rotatable bonds is 0. The van der Waals surface area contributed by atoms with Crippen LogP contribution < -0.4 is 0 Å². The number of hydrogen-bond acceptors (Lipinski definition) is 0. The van der Waals surface area contributed by atoms with Gasteiger partial charge in [0.25, 0.3) is 0 Å². The molecule has 0 aromatic rings. The molecule has 0 fully saturated rings. The van der Waals surface area contributed by atoms with E-state index in [9.17, 15) is 0 Å². The Bertz CT molecular complexity index is 11.6. The van der Waals surface area contributed by atoms with E-state index >= 15 is 0 Å². The molecule has 0 aromatic carbocycles. The molecule has 0 aliphatic heterocycles. The van der Waals surface area contributed by atoms with E-state index in [0.717, 1.165) is 0 Å². The molecule has 0 saturated heterocycles. The molecule has 0 saturated carbocycles. The zero-order valence-electron chi connectivity index (χ0n) is 3.13. The summed E-state index contributed by atoms with van der Waals surface area (Å²) in [5.74, 6) is 0. The van der Waals surface area contributed by atoms with Crippen LogP contribution in [0.3, 0.4) is 0 Å². The van der Waals surface area contributed by atoms with Gasteiger partial charge in [0.1, 0.15) is 0 Å². The maximum absolute atomic E-state index is 2.14. The second kappa shape index (κ2) is 37.6. The molecule has 0 nitrogen and oxygen atoms in total. The third-order valence-electron chi connectivity index (χ3n) is 0. The first-order chi connectivity index (χ1) is 1.00. The largest absolute Gasteiger partial charge is 0.0852 e. The molecule has 0 radical (unpaired) electrons. The Morgan fingerprint density at radius 1 is 1.20 bits per heavy atom. The second-order valence-electron chi connectivity index (χ2n) is 0. The van der Waals surface area contributed by atoms with Gasteiger partial charge in [-0.15, -0.1) is 0 Å². The van der Waals surface area contributed by atoms with Crippen molar-refractivity contribution in [3.8, 4) is 0 Å². The van der Waals surface area contributed by atoms with Gasteiger partial charge in [0.05, 0.1) is 7.44 Å². The Kier molecular flexibility index (Phi) is 211. The first-order valence-corrected chi connectivity index (χ1v) is 3.00. The Morgan fingerprint density at radius 3 is 1.20 bits per heavy atom. The van der Waals surface area contributed by atoms with E-state index in [1.807, 2.05) is 0 Å². The first kappa shape index (κ1) is 28.0. The normalized spacial score (nSPS) is 1.60. The summed E-state index contributed by atoms with van der Waals surface area (Å²) in [6.45, 7) is 0. The Hall–Kier alpha value is 2.00. The molecule has 0 atom stereocenters. The second-order valence-corrected chi connectivity index (χ2v) is 0. The quantitative estimate of drug-likeness (QED) is 0.444. The van der Waals surface area contributed by atoms with E-state index in [2.05, 4.69) is 7.44 Å². The molecule has 5 heteroatoms. The summed E-state index contributed by atoms with van der Waals surface area (Å²) in [5.41, 5.74) is 0. The van der Waals surface area contributed by atoms with Crippen LogP contribution in [0.2, 0.25) is 0 Å². The summed E-state index contributed by atoms with van der Waals surface area (Å²) in [6.07, 6.45) is 0. The first-order valence-electron chi connectivity index (χ1n) is 1.00. The summed E-state index contributed by atoms with van der Waals surface area (Å²) in [5, 5.41) is 0. The molecule has 0 spiro atoms. The van der Waals surface area contributed by atoms with Gasteiger partial charge in [0, 0.05) is 54.9 Å². The van der Waals surface area contributed by atoms with Crippen molar-refractivity contribution >= 4 is 17.6 Å². The van der Waals surface area contributed by atoms with Crippen molar-refractivity contribution in [3.05, 3.63) is 0 Å². The van der Waals surface area contributed by atoms with Crippen LogP contribution in [-0.4, -0.2) is 17.6 Å². The van der Waals surface area contributed by atoms with Gasteiger partial charge in [0.2, 0.25) is 0 Å². The summed E-state index contributed by atoms with van der Waals surface area (Å²) in [4.78, 5) is 0. The fourth-order valence-corrected chi connectivity index (χ4v) is 0. The third kappa shape index (κ3) is 24.0. The monoisotopic (exact) mass is 338 g/mol. The Labute approximate surface area is 71.9 Å². The predicted molar refractivity (Wildman–Crippen MR) is 18.5 cm³/mol. The topological polar surface area (TPSA) is 0 Å². The molecular weight excluding hydrogens is 333 g/mol. The van der Waals surface area contributed by atoms with Crippen LogP contribution >= 0.6 is 0 Å². The molecule has 5 heavy (non-hydrogen) atoms. The Morgan fingerprint density at radius 2 is 1.20 bits per heavy atom. The van der Waals surface area contributed by atoms with Crippen molar-refractivity contribution in [1.82, 2.24) is 0 Å².